The molecule has 0 radical (unpaired) electrons. The van der Waals surface area contributed by atoms with Crippen molar-refractivity contribution in [3.63, 3.8) is 0 Å². The highest BCUT2D eigenvalue weighted by Crippen LogP contribution is 2.33. The number of carbonyl (C=O) groups excluding carboxylic acids is 1. The van der Waals surface area contributed by atoms with Crippen molar-refractivity contribution in [2.45, 2.75) is 50.7 Å². The summed E-state index contributed by atoms with van der Waals surface area (Å²) >= 11 is 0. The second-order valence-electron chi connectivity index (χ2n) is 6.64. The minimum atomic E-state index is -1.12. The summed E-state index contributed by atoms with van der Waals surface area (Å²) in [7, 11) is 0. The van der Waals surface area contributed by atoms with E-state index in [1.54, 1.807) is 13.8 Å². The van der Waals surface area contributed by atoms with E-state index in [2.05, 4.69) is 0 Å². The first-order valence-electron chi connectivity index (χ1n) is 8.03. The molecule has 0 saturated carbocycles. The molecule has 4 atom stereocenters. The summed E-state index contributed by atoms with van der Waals surface area (Å²) < 4.78 is 16.7. The molecule has 2 aliphatic heterocycles. The average molecular weight is 337 g/mol. The molecule has 0 spiro atoms. The van der Waals surface area contributed by atoms with Gasteiger partial charge in [-0.1, -0.05) is 30.3 Å². The lowest BCUT2D eigenvalue weighted by Crippen LogP contribution is -2.43. The van der Waals surface area contributed by atoms with Crippen LogP contribution in [0.3, 0.4) is 0 Å². The van der Waals surface area contributed by atoms with E-state index in [1.165, 1.54) is 4.90 Å². The highest BCUT2D eigenvalue weighted by atomic mass is 16.8. The predicted molar refractivity (Wildman–Crippen MR) is 84.0 cm³/mol. The molecule has 2 fully saturated rings. The zero-order chi connectivity index (χ0) is 17.3. The van der Waals surface area contributed by atoms with Crippen molar-refractivity contribution >= 4 is 6.09 Å². The number of ether oxygens (including phenoxy) is 3. The maximum absolute atomic E-state index is 12.3. The van der Waals surface area contributed by atoms with E-state index in [-0.39, 0.29) is 19.7 Å². The number of likely N-dealkylation sites (tertiary alicyclic amines) is 1. The lowest BCUT2D eigenvalue weighted by molar-refractivity contribution is -0.166. The van der Waals surface area contributed by atoms with Crippen LogP contribution in [0.4, 0.5) is 4.79 Å². The lowest BCUT2D eigenvalue weighted by atomic mass is 10.1. The highest BCUT2D eigenvalue weighted by Gasteiger charge is 2.50. The minimum Gasteiger partial charge on any atom is -0.445 e. The summed E-state index contributed by atoms with van der Waals surface area (Å²) in [5, 5.41) is 20.4. The van der Waals surface area contributed by atoms with Gasteiger partial charge >= 0.3 is 6.09 Å². The Balaban J connectivity index is 1.66. The first kappa shape index (κ1) is 17.2. The van der Waals surface area contributed by atoms with Crippen molar-refractivity contribution < 1.29 is 29.2 Å². The van der Waals surface area contributed by atoms with Crippen LogP contribution in [-0.2, 0) is 20.8 Å². The van der Waals surface area contributed by atoms with Gasteiger partial charge in [-0.15, -0.1) is 0 Å². The van der Waals surface area contributed by atoms with Crippen molar-refractivity contribution in [2.75, 3.05) is 13.1 Å². The Hall–Kier alpha value is -1.67. The minimum absolute atomic E-state index is 0.0328. The standard InChI is InChI=1S/C17H23NO6/c1-17(2)23-13-9-18(8-12(19)14(20)15(13)24-17)16(21)22-10-11-6-4-3-5-7-11/h3-7,12-15,19-20H,8-10H2,1-2H3/t12-,13-,14-,15-/m1/s1. The second kappa shape index (κ2) is 6.68. The molecular weight excluding hydrogens is 314 g/mol. The Morgan fingerprint density at radius 3 is 2.67 bits per heavy atom. The summed E-state index contributed by atoms with van der Waals surface area (Å²) in [6.07, 6.45) is -4.00. The van der Waals surface area contributed by atoms with Crippen LogP contribution in [0.5, 0.6) is 0 Å². The van der Waals surface area contributed by atoms with E-state index in [0.717, 1.165) is 5.56 Å². The Morgan fingerprint density at radius 1 is 1.25 bits per heavy atom. The Kier molecular flexibility index (Phi) is 4.78. The van der Waals surface area contributed by atoms with Crippen molar-refractivity contribution in [3.8, 4) is 0 Å². The number of benzene rings is 1. The Bertz CT molecular complexity index is 578. The van der Waals surface area contributed by atoms with Crippen LogP contribution in [-0.4, -0.2) is 64.5 Å². The number of hydrogen-bond acceptors (Lipinski definition) is 6. The lowest BCUT2D eigenvalue weighted by Gasteiger charge is -2.26. The predicted octanol–water partition coefficient (Wildman–Crippen LogP) is 0.881. The van der Waals surface area contributed by atoms with Gasteiger partial charge in [0.25, 0.3) is 0 Å². The monoisotopic (exact) mass is 337 g/mol. The SMILES string of the molecule is CC1(C)O[C@H]2[C@H](O)[C@H](O)CN(C(=O)OCc3ccccc3)C[C@H]2O1. The smallest absolute Gasteiger partial charge is 0.410 e. The van der Waals surface area contributed by atoms with Crippen LogP contribution >= 0.6 is 0 Å². The van der Waals surface area contributed by atoms with Crippen LogP contribution in [0.1, 0.15) is 19.4 Å². The largest absolute Gasteiger partial charge is 0.445 e. The Labute approximate surface area is 140 Å². The van der Waals surface area contributed by atoms with Gasteiger partial charge in [0, 0.05) is 0 Å². The van der Waals surface area contributed by atoms with E-state index in [9.17, 15) is 15.0 Å². The van der Waals surface area contributed by atoms with Gasteiger partial charge in [0.15, 0.2) is 5.79 Å². The molecule has 1 amide bonds. The number of hydrogen-bond donors (Lipinski definition) is 2. The summed E-state index contributed by atoms with van der Waals surface area (Å²) in [5.74, 6) is -0.868. The number of rotatable bonds is 2. The van der Waals surface area contributed by atoms with Gasteiger partial charge in [0.05, 0.1) is 13.1 Å². The quantitative estimate of drug-likeness (QED) is 0.833. The van der Waals surface area contributed by atoms with Gasteiger partial charge in [-0.05, 0) is 19.4 Å². The molecule has 1 aromatic carbocycles. The summed E-state index contributed by atoms with van der Waals surface area (Å²) in [4.78, 5) is 13.7. The maximum atomic E-state index is 12.3. The third-order valence-electron chi connectivity index (χ3n) is 4.22. The highest BCUT2D eigenvalue weighted by molar-refractivity contribution is 5.67. The van der Waals surface area contributed by atoms with Crippen LogP contribution in [0, 0.1) is 0 Å². The first-order chi connectivity index (χ1) is 11.4. The third kappa shape index (κ3) is 3.70. The van der Waals surface area contributed by atoms with Crippen molar-refractivity contribution in [1.82, 2.24) is 4.90 Å². The molecule has 2 heterocycles. The molecular formula is C17H23NO6. The first-order valence-corrected chi connectivity index (χ1v) is 8.03. The van der Waals surface area contributed by atoms with Gasteiger partial charge in [-0.2, -0.15) is 0 Å². The van der Waals surface area contributed by atoms with E-state index < -0.39 is 36.3 Å². The number of aliphatic hydroxyl groups excluding tert-OH is 2. The van der Waals surface area contributed by atoms with Crippen LogP contribution in [0.25, 0.3) is 0 Å². The fraction of sp³-hybridized carbons (Fsp3) is 0.588. The van der Waals surface area contributed by atoms with Gasteiger partial charge < -0.3 is 29.3 Å². The zero-order valence-electron chi connectivity index (χ0n) is 13.8. The normalized spacial score (nSPS) is 32.1. The van der Waals surface area contributed by atoms with Gasteiger partial charge in [0.1, 0.15) is 31.0 Å². The molecule has 24 heavy (non-hydrogen) atoms. The van der Waals surface area contributed by atoms with E-state index in [4.69, 9.17) is 14.2 Å². The maximum Gasteiger partial charge on any atom is 0.410 e. The second-order valence-corrected chi connectivity index (χ2v) is 6.64. The number of β-amino-alcohol motifs (C(OH)–C–C–N with tert-alkyl or cyclic N) is 1. The molecule has 2 N–H and O–H groups in total. The van der Waals surface area contributed by atoms with Crippen molar-refractivity contribution in [2.24, 2.45) is 0 Å². The van der Waals surface area contributed by atoms with E-state index in [1.807, 2.05) is 30.3 Å². The molecule has 2 aliphatic rings. The molecule has 132 valence electrons. The molecule has 3 rings (SSSR count). The average Bonchev–Trinajstić information content (AvgIpc) is 2.81. The number of aliphatic hydroxyl groups is 2. The Morgan fingerprint density at radius 2 is 1.96 bits per heavy atom. The van der Waals surface area contributed by atoms with Gasteiger partial charge in [0.2, 0.25) is 0 Å². The van der Waals surface area contributed by atoms with Crippen LogP contribution in [0.2, 0.25) is 0 Å². The summed E-state index contributed by atoms with van der Waals surface area (Å²) in [6.45, 7) is 3.77. The summed E-state index contributed by atoms with van der Waals surface area (Å²) in [6, 6.07) is 9.34. The molecule has 7 nitrogen and oxygen atoms in total. The van der Waals surface area contributed by atoms with E-state index in [0.29, 0.717) is 0 Å². The van der Waals surface area contributed by atoms with Gasteiger partial charge in [-0.25, -0.2) is 4.79 Å². The molecule has 1 aromatic rings. The number of carbonyl (C=O) groups is 1. The van der Waals surface area contributed by atoms with Crippen molar-refractivity contribution in [3.05, 3.63) is 35.9 Å². The van der Waals surface area contributed by atoms with Gasteiger partial charge in [-0.3, -0.25) is 0 Å². The van der Waals surface area contributed by atoms with Crippen LogP contribution in [0.15, 0.2) is 30.3 Å². The fourth-order valence-electron chi connectivity index (χ4n) is 3.10. The zero-order valence-corrected chi connectivity index (χ0v) is 13.8. The molecule has 0 aliphatic carbocycles. The van der Waals surface area contributed by atoms with Crippen molar-refractivity contribution in [1.29, 1.82) is 0 Å². The summed E-state index contributed by atoms with van der Waals surface area (Å²) in [5.41, 5.74) is 0.876. The molecule has 2 saturated heterocycles. The van der Waals surface area contributed by atoms with E-state index >= 15 is 0 Å². The number of amides is 1. The van der Waals surface area contributed by atoms with Crippen LogP contribution < -0.4 is 0 Å². The third-order valence-corrected chi connectivity index (χ3v) is 4.22. The number of fused-ring (bicyclic) bond motifs is 1. The molecule has 0 unspecified atom stereocenters. The molecule has 0 aromatic heterocycles. The fourth-order valence-corrected chi connectivity index (χ4v) is 3.10. The number of nitrogens with zero attached hydrogens (tertiary/aromatic N) is 1. The molecule has 7 heteroatoms. The topological polar surface area (TPSA) is 88.5 Å². The molecule has 0 bridgehead atoms.